The topological polar surface area (TPSA) is 20.3 Å². The Morgan fingerprint density at radius 3 is 2.65 bits per heavy atom. The molecule has 0 atom stereocenters. The highest BCUT2D eigenvalue weighted by atomic mass is 35.5. The summed E-state index contributed by atoms with van der Waals surface area (Å²) in [4.78, 5) is 13.5. The fraction of sp³-hybridized carbons (Fsp3) is 0.500. The summed E-state index contributed by atoms with van der Waals surface area (Å²) in [6.07, 6.45) is 4.04. The fourth-order valence-electron chi connectivity index (χ4n) is 2.20. The van der Waals surface area contributed by atoms with E-state index in [-0.39, 0.29) is 5.78 Å². The predicted molar refractivity (Wildman–Crippen MR) is 72.1 cm³/mol. The second-order valence-electron chi connectivity index (χ2n) is 4.90. The molecule has 0 aliphatic heterocycles. The normalized spacial score (nSPS) is 15.5. The monoisotopic (exact) mass is 251 g/mol. The van der Waals surface area contributed by atoms with Gasteiger partial charge in [-0.3, -0.25) is 4.79 Å². The van der Waals surface area contributed by atoms with Crippen LogP contribution in [0.2, 0.25) is 5.02 Å². The summed E-state index contributed by atoms with van der Waals surface area (Å²) in [6, 6.07) is 5.68. The van der Waals surface area contributed by atoms with E-state index in [4.69, 9.17) is 11.6 Å². The molecular weight excluding hydrogens is 234 g/mol. The van der Waals surface area contributed by atoms with E-state index in [0.717, 1.165) is 18.2 Å². The Bertz CT molecular complexity index is 426. The first-order valence-corrected chi connectivity index (χ1v) is 6.47. The molecule has 0 saturated heterocycles. The van der Waals surface area contributed by atoms with E-state index in [1.54, 1.807) is 6.92 Å². The van der Waals surface area contributed by atoms with E-state index in [2.05, 4.69) is 11.9 Å². The molecule has 2 nitrogen and oxygen atoms in total. The molecular formula is C14H18ClNO. The Balaban J connectivity index is 2.10. The van der Waals surface area contributed by atoms with Crippen molar-refractivity contribution in [2.45, 2.75) is 26.2 Å². The third kappa shape index (κ3) is 2.81. The number of carbonyl (C=O) groups is 1. The number of halogens is 1. The molecule has 1 aliphatic carbocycles. The van der Waals surface area contributed by atoms with Gasteiger partial charge in [-0.15, -0.1) is 0 Å². The van der Waals surface area contributed by atoms with E-state index in [0.29, 0.717) is 10.6 Å². The van der Waals surface area contributed by atoms with Crippen LogP contribution in [0.25, 0.3) is 0 Å². The smallest absolute Gasteiger partial charge is 0.161 e. The first-order chi connectivity index (χ1) is 8.08. The SMILES string of the molecule is CC(=O)c1ccc(N(C)CC2CCC2)cc1Cl. The number of hydrogen-bond donors (Lipinski definition) is 0. The van der Waals surface area contributed by atoms with Crippen molar-refractivity contribution in [2.24, 2.45) is 5.92 Å². The van der Waals surface area contributed by atoms with E-state index < -0.39 is 0 Å². The van der Waals surface area contributed by atoms with Crippen LogP contribution < -0.4 is 4.90 Å². The van der Waals surface area contributed by atoms with Gasteiger partial charge in [0.15, 0.2) is 5.78 Å². The summed E-state index contributed by atoms with van der Waals surface area (Å²) in [7, 11) is 2.08. The quantitative estimate of drug-likeness (QED) is 0.759. The van der Waals surface area contributed by atoms with Crippen molar-refractivity contribution in [3.05, 3.63) is 28.8 Å². The lowest BCUT2D eigenvalue weighted by Crippen LogP contribution is -2.29. The van der Waals surface area contributed by atoms with E-state index >= 15 is 0 Å². The molecule has 3 heteroatoms. The summed E-state index contributed by atoms with van der Waals surface area (Å²) < 4.78 is 0. The second kappa shape index (κ2) is 5.09. The van der Waals surface area contributed by atoms with Crippen molar-refractivity contribution in [1.82, 2.24) is 0 Å². The zero-order valence-electron chi connectivity index (χ0n) is 10.4. The van der Waals surface area contributed by atoms with Gasteiger partial charge < -0.3 is 4.90 Å². The third-order valence-corrected chi connectivity index (χ3v) is 3.84. The molecule has 0 heterocycles. The molecule has 1 fully saturated rings. The molecule has 0 bridgehead atoms. The van der Waals surface area contributed by atoms with Gasteiger partial charge in [0.25, 0.3) is 0 Å². The number of hydrogen-bond acceptors (Lipinski definition) is 2. The average molecular weight is 252 g/mol. The molecule has 0 aromatic heterocycles. The Labute approximate surface area is 108 Å². The molecule has 0 unspecified atom stereocenters. The van der Waals surface area contributed by atoms with Gasteiger partial charge in [0.05, 0.1) is 5.02 Å². The van der Waals surface area contributed by atoms with Gasteiger partial charge in [0, 0.05) is 24.8 Å². The van der Waals surface area contributed by atoms with Crippen molar-refractivity contribution in [1.29, 1.82) is 0 Å². The molecule has 0 spiro atoms. The van der Waals surface area contributed by atoms with E-state index in [9.17, 15) is 4.79 Å². The number of ketones is 1. The second-order valence-corrected chi connectivity index (χ2v) is 5.30. The number of anilines is 1. The minimum atomic E-state index is 0.0168. The van der Waals surface area contributed by atoms with Crippen molar-refractivity contribution in [3.63, 3.8) is 0 Å². The lowest BCUT2D eigenvalue weighted by Gasteiger charge is -2.31. The lowest BCUT2D eigenvalue weighted by molar-refractivity contribution is 0.101. The summed E-state index contributed by atoms with van der Waals surface area (Å²) in [5.74, 6) is 0.842. The van der Waals surface area contributed by atoms with Crippen LogP contribution in [0.5, 0.6) is 0 Å². The minimum Gasteiger partial charge on any atom is -0.374 e. The maximum absolute atomic E-state index is 11.3. The summed E-state index contributed by atoms with van der Waals surface area (Å²) >= 11 is 6.11. The Kier molecular flexibility index (Phi) is 3.72. The minimum absolute atomic E-state index is 0.0168. The van der Waals surface area contributed by atoms with Crippen LogP contribution in [-0.2, 0) is 0 Å². The van der Waals surface area contributed by atoms with Crippen LogP contribution in [0.3, 0.4) is 0 Å². The molecule has 0 N–H and O–H groups in total. The first kappa shape index (κ1) is 12.4. The molecule has 0 amide bonds. The van der Waals surface area contributed by atoms with Crippen molar-refractivity contribution in [2.75, 3.05) is 18.5 Å². The van der Waals surface area contributed by atoms with Crippen LogP contribution in [-0.4, -0.2) is 19.4 Å². The number of benzene rings is 1. The number of Topliss-reactive ketones (excluding diaryl/α,β-unsaturated/α-hetero) is 1. The van der Waals surface area contributed by atoms with Gasteiger partial charge in [-0.25, -0.2) is 0 Å². The van der Waals surface area contributed by atoms with E-state index in [1.807, 2.05) is 18.2 Å². The van der Waals surface area contributed by atoms with Gasteiger partial charge in [0.1, 0.15) is 0 Å². The highest BCUT2D eigenvalue weighted by molar-refractivity contribution is 6.34. The van der Waals surface area contributed by atoms with Gasteiger partial charge in [-0.2, -0.15) is 0 Å². The number of rotatable bonds is 4. The molecule has 17 heavy (non-hydrogen) atoms. The van der Waals surface area contributed by atoms with E-state index in [1.165, 1.54) is 19.3 Å². The maximum atomic E-state index is 11.3. The largest absolute Gasteiger partial charge is 0.374 e. The average Bonchev–Trinajstić information content (AvgIpc) is 2.22. The highest BCUT2D eigenvalue weighted by Crippen LogP contribution is 2.29. The summed E-state index contributed by atoms with van der Waals surface area (Å²) in [5, 5.41) is 0.551. The Morgan fingerprint density at radius 1 is 1.47 bits per heavy atom. The molecule has 1 saturated carbocycles. The van der Waals surface area contributed by atoms with Crippen LogP contribution in [0.1, 0.15) is 36.5 Å². The number of nitrogens with zero attached hydrogens (tertiary/aromatic N) is 1. The van der Waals surface area contributed by atoms with Crippen LogP contribution in [0.15, 0.2) is 18.2 Å². The molecule has 2 rings (SSSR count). The van der Waals surface area contributed by atoms with Crippen molar-refractivity contribution < 1.29 is 4.79 Å². The standard InChI is InChI=1S/C14H18ClNO/c1-10(17)13-7-6-12(8-14(13)15)16(2)9-11-4-3-5-11/h6-8,11H,3-5,9H2,1-2H3. The zero-order chi connectivity index (χ0) is 12.4. The van der Waals surface area contributed by atoms with Crippen molar-refractivity contribution >= 4 is 23.1 Å². The van der Waals surface area contributed by atoms with Gasteiger partial charge in [0.2, 0.25) is 0 Å². The summed E-state index contributed by atoms with van der Waals surface area (Å²) in [5.41, 5.74) is 1.69. The molecule has 1 aromatic rings. The van der Waals surface area contributed by atoms with Gasteiger partial charge in [-0.1, -0.05) is 18.0 Å². The molecule has 92 valence electrons. The first-order valence-electron chi connectivity index (χ1n) is 6.09. The van der Waals surface area contributed by atoms with Crippen LogP contribution in [0, 0.1) is 5.92 Å². The van der Waals surface area contributed by atoms with Gasteiger partial charge in [-0.05, 0) is 43.9 Å². The Hall–Kier alpha value is -1.02. The highest BCUT2D eigenvalue weighted by Gasteiger charge is 2.19. The molecule has 1 aliphatic rings. The summed E-state index contributed by atoms with van der Waals surface area (Å²) in [6.45, 7) is 2.62. The predicted octanol–water partition coefficient (Wildman–Crippen LogP) is 3.78. The van der Waals surface area contributed by atoms with Crippen LogP contribution in [0.4, 0.5) is 5.69 Å². The Morgan fingerprint density at radius 2 is 2.18 bits per heavy atom. The molecule has 1 aromatic carbocycles. The maximum Gasteiger partial charge on any atom is 0.161 e. The van der Waals surface area contributed by atoms with Crippen molar-refractivity contribution in [3.8, 4) is 0 Å². The lowest BCUT2D eigenvalue weighted by atomic mass is 9.85. The third-order valence-electron chi connectivity index (χ3n) is 3.53. The molecule has 0 radical (unpaired) electrons. The zero-order valence-corrected chi connectivity index (χ0v) is 11.1. The number of carbonyl (C=O) groups excluding carboxylic acids is 1. The van der Waals surface area contributed by atoms with Crippen LogP contribution >= 0.6 is 11.6 Å². The van der Waals surface area contributed by atoms with Gasteiger partial charge >= 0.3 is 0 Å². The fourth-order valence-corrected chi connectivity index (χ4v) is 2.50.